The molecule has 3 rings (SSSR count). The molecular weight excluding hydrogens is 282 g/mol. The number of aromatic nitrogens is 2. The average Bonchev–Trinajstić information content (AvgIpc) is 3.08. The minimum Gasteiger partial charge on any atom is -0.300 e. The molecule has 4 nitrogen and oxygen atoms in total. The first-order chi connectivity index (χ1) is 9.13. The van der Waals surface area contributed by atoms with Crippen LogP contribution in [0.4, 0.5) is 5.13 Å². The summed E-state index contributed by atoms with van der Waals surface area (Å²) in [5, 5.41) is 12.7. The SMILES string of the molecule is Cc1nnc(NC(=O)C2CC2c2ccc(Cl)cc2)s1. The van der Waals surface area contributed by atoms with Crippen molar-refractivity contribution in [2.75, 3.05) is 5.32 Å². The number of nitrogens with zero attached hydrogens (tertiary/aromatic N) is 2. The van der Waals surface area contributed by atoms with E-state index < -0.39 is 0 Å². The van der Waals surface area contributed by atoms with Crippen LogP contribution < -0.4 is 5.32 Å². The van der Waals surface area contributed by atoms with E-state index in [1.54, 1.807) is 0 Å². The first kappa shape index (κ1) is 12.6. The molecule has 6 heteroatoms. The van der Waals surface area contributed by atoms with Crippen LogP contribution in [-0.4, -0.2) is 16.1 Å². The Bertz CT molecular complexity index is 611. The molecule has 0 saturated heterocycles. The van der Waals surface area contributed by atoms with Crippen molar-refractivity contribution < 1.29 is 4.79 Å². The highest BCUT2D eigenvalue weighted by Gasteiger charge is 2.44. The van der Waals surface area contributed by atoms with E-state index in [-0.39, 0.29) is 11.8 Å². The first-order valence-corrected chi connectivity index (χ1v) is 7.19. The van der Waals surface area contributed by atoms with Gasteiger partial charge in [-0.3, -0.25) is 4.79 Å². The van der Waals surface area contributed by atoms with Crippen molar-refractivity contribution >= 4 is 34.0 Å². The highest BCUT2D eigenvalue weighted by Crippen LogP contribution is 2.48. The molecule has 0 radical (unpaired) electrons. The van der Waals surface area contributed by atoms with Gasteiger partial charge >= 0.3 is 0 Å². The van der Waals surface area contributed by atoms with E-state index in [1.807, 2.05) is 31.2 Å². The number of rotatable bonds is 3. The minimum atomic E-state index is 0.0242. The predicted molar refractivity (Wildman–Crippen MR) is 75.6 cm³/mol. The summed E-state index contributed by atoms with van der Waals surface area (Å²) in [6, 6.07) is 7.68. The van der Waals surface area contributed by atoms with Crippen LogP contribution >= 0.6 is 22.9 Å². The molecule has 1 aromatic heterocycles. The van der Waals surface area contributed by atoms with E-state index >= 15 is 0 Å². The maximum absolute atomic E-state index is 12.0. The van der Waals surface area contributed by atoms with Crippen molar-refractivity contribution in [3.05, 3.63) is 39.9 Å². The Labute approximate surface area is 119 Å². The summed E-state index contributed by atoms with van der Waals surface area (Å²) in [5.74, 6) is 0.354. The normalized spacial score (nSPS) is 21.2. The van der Waals surface area contributed by atoms with E-state index in [1.165, 1.54) is 11.3 Å². The van der Waals surface area contributed by atoms with Crippen molar-refractivity contribution in [3.8, 4) is 0 Å². The van der Waals surface area contributed by atoms with Crippen LogP contribution in [0.2, 0.25) is 5.02 Å². The van der Waals surface area contributed by atoms with Gasteiger partial charge < -0.3 is 5.32 Å². The smallest absolute Gasteiger partial charge is 0.229 e. The lowest BCUT2D eigenvalue weighted by Gasteiger charge is -2.01. The van der Waals surface area contributed by atoms with Crippen LogP contribution in [-0.2, 0) is 4.79 Å². The van der Waals surface area contributed by atoms with E-state index in [4.69, 9.17) is 11.6 Å². The lowest BCUT2D eigenvalue weighted by molar-refractivity contribution is -0.117. The highest BCUT2D eigenvalue weighted by molar-refractivity contribution is 7.15. The molecule has 0 aliphatic heterocycles. The molecule has 1 fully saturated rings. The fourth-order valence-electron chi connectivity index (χ4n) is 2.11. The van der Waals surface area contributed by atoms with Crippen molar-refractivity contribution in [3.63, 3.8) is 0 Å². The molecule has 2 aromatic rings. The van der Waals surface area contributed by atoms with Crippen molar-refractivity contribution in [2.24, 2.45) is 5.92 Å². The molecule has 1 aliphatic carbocycles. The van der Waals surface area contributed by atoms with E-state index in [2.05, 4.69) is 15.5 Å². The second kappa shape index (κ2) is 4.90. The fraction of sp³-hybridized carbons (Fsp3) is 0.308. The van der Waals surface area contributed by atoms with Gasteiger partial charge in [0.05, 0.1) is 0 Å². The summed E-state index contributed by atoms with van der Waals surface area (Å²) in [7, 11) is 0. The summed E-state index contributed by atoms with van der Waals surface area (Å²) in [6.45, 7) is 1.86. The Morgan fingerprint density at radius 3 is 2.74 bits per heavy atom. The number of anilines is 1. The third-order valence-corrected chi connectivity index (χ3v) is 4.19. The average molecular weight is 294 g/mol. The summed E-state index contributed by atoms with van der Waals surface area (Å²) in [5.41, 5.74) is 1.16. The zero-order valence-corrected chi connectivity index (χ0v) is 11.8. The quantitative estimate of drug-likeness (QED) is 0.945. The Hall–Kier alpha value is -1.46. The molecule has 1 saturated carbocycles. The van der Waals surface area contributed by atoms with Crippen LogP contribution in [0.15, 0.2) is 24.3 Å². The zero-order valence-electron chi connectivity index (χ0n) is 10.3. The predicted octanol–water partition coefficient (Wildman–Crippen LogP) is 3.24. The number of hydrogen-bond acceptors (Lipinski definition) is 4. The van der Waals surface area contributed by atoms with E-state index in [0.717, 1.165) is 22.0 Å². The number of carbonyl (C=O) groups excluding carboxylic acids is 1. The summed E-state index contributed by atoms with van der Waals surface area (Å²) >= 11 is 7.24. The molecule has 2 unspecified atom stereocenters. The van der Waals surface area contributed by atoms with Gasteiger partial charge in [-0.25, -0.2) is 0 Å². The maximum atomic E-state index is 12.0. The highest BCUT2D eigenvalue weighted by atomic mass is 35.5. The lowest BCUT2D eigenvalue weighted by Crippen LogP contribution is -2.14. The number of aryl methyl sites for hydroxylation is 1. The van der Waals surface area contributed by atoms with Crippen molar-refractivity contribution in [1.29, 1.82) is 0 Å². The molecule has 1 N–H and O–H groups in total. The monoisotopic (exact) mass is 293 g/mol. The van der Waals surface area contributed by atoms with Gasteiger partial charge in [0.1, 0.15) is 5.01 Å². The molecular formula is C13H12ClN3OS. The Balaban J connectivity index is 1.63. The minimum absolute atomic E-state index is 0.0242. The molecule has 0 spiro atoms. The molecule has 1 amide bonds. The van der Waals surface area contributed by atoms with Gasteiger partial charge in [0.2, 0.25) is 11.0 Å². The molecule has 1 aliphatic rings. The second-order valence-corrected chi connectivity index (χ2v) is 6.23. The summed E-state index contributed by atoms with van der Waals surface area (Å²) in [6.07, 6.45) is 0.880. The molecule has 19 heavy (non-hydrogen) atoms. The topological polar surface area (TPSA) is 54.9 Å². The van der Waals surface area contributed by atoms with Gasteiger partial charge in [-0.15, -0.1) is 10.2 Å². The number of nitrogens with one attached hydrogen (secondary N) is 1. The molecule has 98 valence electrons. The number of carbonyl (C=O) groups is 1. The van der Waals surface area contributed by atoms with Gasteiger partial charge in [0.25, 0.3) is 0 Å². The fourth-order valence-corrected chi connectivity index (χ4v) is 2.83. The molecule has 0 bridgehead atoms. The first-order valence-electron chi connectivity index (χ1n) is 6.00. The number of halogens is 1. The Kier molecular flexibility index (Phi) is 3.24. The van der Waals surface area contributed by atoms with Gasteiger partial charge in [0, 0.05) is 10.9 Å². The Morgan fingerprint density at radius 2 is 2.11 bits per heavy atom. The van der Waals surface area contributed by atoms with E-state index in [0.29, 0.717) is 11.0 Å². The lowest BCUT2D eigenvalue weighted by atomic mass is 10.1. The van der Waals surface area contributed by atoms with Gasteiger partial charge in [0.15, 0.2) is 0 Å². The van der Waals surface area contributed by atoms with Crippen molar-refractivity contribution in [1.82, 2.24) is 10.2 Å². The summed E-state index contributed by atoms with van der Waals surface area (Å²) < 4.78 is 0. The van der Waals surface area contributed by atoms with E-state index in [9.17, 15) is 4.79 Å². The molecule has 2 atom stereocenters. The van der Waals surface area contributed by atoms with Crippen LogP contribution in [0.3, 0.4) is 0 Å². The third kappa shape index (κ3) is 2.77. The second-order valence-electron chi connectivity index (χ2n) is 4.62. The Morgan fingerprint density at radius 1 is 1.37 bits per heavy atom. The van der Waals surface area contributed by atoms with Crippen LogP contribution in [0.1, 0.15) is 22.9 Å². The van der Waals surface area contributed by atoms with Crippen LogP contribution in [0, 0.1) is 12.8 Å². The molecule has 1 heterocycles. The van der Waals surface area contributed by atoms with Gasteiger partial charge in [-0.1, -0.05) is 35.1 Å². The van der Waals surface area contributed by atoms with Gasteiger partial charge in [-0.05, 0) is 37.0 Å². The number of amides is 1. The summed E-state index contributed by atoms with van der Waals surface area (Å²) in [4.78, 5) is 12.0. The van der Waals surface area contributed by atoms with Crippen LogP contribution in [0.5, 0.6) is 0 Å². The van der Waals surface area contributed by atoms with Crippen molar-refractivity contribution in [2.45, 2.75) is 19.3 Å². The maximum Gasteiger partial charge on any atom is 0.229 e. The number of benzene rings is 1. The third-order valence-electron chi connectivity index (χ3n) is 3.18. The number of hydrogen-bond donors (Lipinski definition) is 1. The molecule has 1 aromatic carbocycles. The van der Waals surface area contributed by atoms with Crippen LogP contribution in [0.25, 0.3) is 0 Å². The standard InChI is InChI=1S/C13H12ClN3OS/c1-7-16-17-13(19-7)15-12(18)11-6-10(11)8-2-4-9(14)5-3-8/h2-5,10-11H,6H2,1H3,(H,15,17,18). The zero-order chi connectivity index (χ0) is 13.4. The largest absolute Gasteiger partial charge is 0.300 e. The van der Waals surface area contributed by atoms with Gasteiger partial charge in [-0.2, -0.15) is 0 Å².